The van der Waals surface area contributed by atoms with Crippen LogP contribution in [0, 0.1) is 23.7 Å². The van der Waals surface area contributed by atoms with Gasteiger partial charge in [-0.25, -0.2) is 0 Å². The topological polar surface area (TPSA) is 30.2 Å². The molecule has 0 N–H and O–H groups in total. The molecule has 0 saturated heterocycles. The highest BCUT2D eigenvalue weighted by atomic mass is 15.0. The Bertz CT molecular complexity index is 4920. The lowest BCUT2D eigenvalue weighted by atomic mass is 9.49. The highest BCUT2D eigenvalue weighted by Crippen LogP contribution is 2.68. The molecule has 4 heterocycles. The molecule has 3 heteroatoms. The van der Waals surface area contributed by atoms with Gasteiger partial charge < -0.3 is 4.40 Å². The number of pyridine rings is 2. The van der Waals surface area contributed by atoms with Crippen molar-refractivity contribution in [3.63, 3.8) is 0 Å². The molecule has 0 aliphatic heterocycles. The SMILES string of the molecule is CC12c3ccccc3C(C)(c3ccccc31)c1c2ncc2c1c1cc3c4cc5c(cc4c4cc6c(cc4c3c3c4c7c(ncc4n2c13)C1(C)c2ccccc2C7(C)c2ccccc21)C1CC2CC(CC6C2)C1)C1CC2CC(C1)CC5C2. The number of benzene rings is 8. The highest BCUT2D eigenvalue weighted by molar-refractivity contribution is 6.41. The fourth-order valence-corrected chi connectivity index (χ4v) is 23.1. The van der Waals surface area contributed by atoms with E-state index in [1.165, 1.54) is 202 Å². The standard InChI is InChI=1S/C78H63N3/c1-75-56-13-5-9-17-60(56)77(3,61-18-10-6-14-57(61)75)73-70(75)67-55-35-54-52-32-47-43-25-38-21-39(26-43)24-42(23-38)46(47)31-50(52)51-33-48-44-27-40-22-41(28-44)30-45(29-40)49(48)34-53(51)66(54)69-68-65(81(72(55)69)64(67)36-79-73)37-80-74-71(68)76(2)58-15-7-11-19-62(58)78(74,4)63-20-12-8-16-59(63)76/h5-20,31-45H,21-30H2,1-4H3. The minimum Gasteiger partial charge on any atom is -0.305 e. The molecule has 3 nitrogen and oxygen atoms in total. The van der Waals surface area contributed by atoms with E-state index in [0.29, 0.717) is 23.7 Å². The van der Waals surface area contributed by atoms with Gasteiger partial charge >= 0.3 is 0 Å². The summed E-state index contributed by atoms with van der Waals surface area (Å²) in [6.45, 7) is 10.1. The molecule has 14 aliphatic rings. The minimum absolute atomic E-state index is 0.412. The average molecular weight is 1040 g/mol. The molecule has 12 bridgehead atoms. The zero-order chi connectivity index (χ0) is 52.7. The Morgan fingerprint density at radius 2 is 0.654 bits per heavy atom. The van der Waals surface area contributed by atoms with Gasteiger partial charge in [-0.1, -0.05) is 97.1 Å². The Balaban J connectivity index is 0.990. The van der Waals surface area contributed by atoms with Crippen molar-refractivity contribution in [3.8, 4) is 0 Å². The van der Waals surface area contributed by atoms with Crippen molar-refractivity contribution in [1.29, 1.82) is 0 Å². The average Bonchev–Trinajstić information content (AvgIpc) is 2.22. The maximum Gasteiger partial charge on any atom is 0.0729 e. The fourth-order valence-electron chi connectivity index (χ4n) is 23.1. The van der Waals surface area contributed by atoms with Gasteiger partial charge in [0.2, 0.25) is 0 Å². The molecule has 4 fully saturated rings. The lowest BCUT2D eigenvalue weighted by Gasteiger charge is -2.53. The third-order valence-electron chi connectivity index (χ3n) is 25.9. The van der Waals surface area contributed by atoms with E-state index >= 15 is 0 Å². The lowest BCUT2D eigenvalue weighted by Crippen LogP contribution is -2.48. The van der Waals surface area contributed by atoms with Crippen LogP contribution in [0.25, 0.3) is 70.4 Å². The molecule has 12 aromatic rings. The van der Waals surface area contributed by atoms with Crippen molar-refractivity contribution in [3.05, 3.63) is 229 Å². The predicted octanol–water partition coefficient (Wildman–Crippen LogP) is 18.5. The monoisotopic (exact) mass is 1040 g/mol. The predicted molar refractivity (Wildman–Crippen MR) is 328 cm³/mol. The number of hydrogen-bond donors (Lipinski definition) is 0. The van der Waals surface area contributed by atoms with Gasteiger partial charge in [0.05, 0.1) is 51.2 Å². The van der Waals surface area contributed by atoms with Crippen LogP contribution in [0.5, 0.6) is 0 Å². The molecule has 4 unspecified atom stereocenters. The van der Waals surface area contributed by atoms with Gasteiger partial charge in [0.25, 0.3) is 0 Å². The maximum atomic E-state index is 5.92. The van der Waals surface area contributed by atoms with Crippen LogP contribution in [0.1, 0.15) is 205 Å². The molecule has 4 atom stereocenters. The van der Waals surface area contributed by atoms with Gasteiger partial charge in [-0.15, -0.1) is 0 Å². The van der Waals surface area contributed by atoms with Crippen LogP contribution in [0.15, 0.2) is 140 Å². The van der Waals surface area contributed by atoms with E-state index < -0.39 is 21.7 Å². The fraction of sp³-hybridized carbons (Fsp3) is 0.333. The van der Waals surface area contributed by atoms with Crippen molar-refractivity contribution in [2.24, 2.45) is 23.7 Å². The summed E-state index contributed by atoms with van der Waals surface area (Å²) in [5.74, 6) is 6.08. The molecule has 0 amide bonds. The smallest absolute Gasteiger partial charge is 0.0729 e. The number of hydrogen-bond acceptors (Lipinski definition) is 2. The quantitative estimate of drug-likeness (QED) is 0.142. The van der Waals surface area contributed by atoms with Crippen LogP contribution in [0.4, 0.5) is 0 Å². The summed E-state index contributed by atoms with van der Waals surface area (Å²) in [6, 6.07) is 51.9. The Morgan fingerprint density at radius 3 is 1.05 bits per heavy atom. The zero-order valence-electron chi connectivity index (χ0n) is 46.8. The van der Waals surface area contributed by atoms with Crippen LogP contribution in [0.3, 0.4) is 0 Å². The van der Waals surface area contributed by atoms with Gasteiger partial charge in [0.1, 0.15) is 0 Å². The first-order valence-corrected chi connectivity index (χ1v) is 31.5. The molecule has 8 aromatic carbocycles. The van der Waals surface area contributed by atoms with Crippen molar-refractivity contribution in [2.75, 3.05) is 0 Å². The van der Waals surface area contributed by atoms with Gasteiger partial charge in [-0.05, 0) is 274 Å². The number of nitrogens with zero attached hydrogens (tertiary/aromatic N) is 3. The Hall–Kier alpha value is -7.36. The van der Waals surface area contributed by atoms with E-state index in [1.54, 1.807) is 22.3 Å². The summed E-state index contributed by atoms with van der Waals surface area (Å²) >= 11 is 0. The molecule has 4 aromatic heterocycles. The van der Waals surface area contributed by atoms with Crippen LogP contribution >= 0.6 is 0 Å². The van der Waals surface area contributed by atoms with E-state index in [-0.39, 0.29) is 0 Å². The first-order chi connectivity index (χ1) is 39.6. The maximum absolute atomic E-state index is 5.92. The summed E-state index contributed by atoms with van der Waals surface area (Å²) in [6.07, 6.45) is 18.5. The van der Waals surface area contributed by atoms with Crippen LogP contribution < -0.4 is 0 Å². The second-order valence-electron chi connectivity index (χ2n) is 29.2. The van der Waals surface area contributed by atoms with Crippen molar-refractivity contribution in [1.82, 2.24) is 14.4 Å². The van der Waals surface area contributed by atoms with E-state index in [0.717, 1.165) is 23.7 Å². The zero-order valence-corrected chi connectivity index (χ0v) is 46.8. The summed E-state index contributed by atoms with van der Waals surface area (Å²) in [5.41, 5.74) is 25.4. The van der Waals surface area contributed by atoms with Gasteiger partial charge in [0.15, 0.2) is 0 Å². The first kappa shape index (κ1) is 43.4. The number of rotatable bonds is 0. The summed E-state index contributed by atoms with van der Waals surface area (Å²) in [7, 11) is 0. The second kappa shape index (κ2) is 13.6. The van der Waals surface area contributed by atoms with Crippen molar-refractivity contribution in [2.45, 2.75) is 137 Å². The second-order valence-corrected chi connectivity index (χ2v) is 29.2. The molecule has 0 spiro atoms. The van der Waals surface area contributed by atoms with E-state index in [2.05, 4.69) is 172 Å². The molecule has 26 rings (SSSR count). The summed E-state index contributed by atoms with van der Waals surface area (Å²) in [5, 5.41) is 14.5. The first-order valence-electron chi connectivity index (χ1n) is 31.5. The molecule has 390 valence electrons. The van der Waals surface area contributed by atoms with Crippen molar-refractivity contribution >= 4 is 70.4 Å². The Kier molecular flexibility index (Phi) is 7.28. The lowest BCUT2D eigenvalue weighted by molar-refractivity contribution is 0.165. The van der Waals surface area contributed by atoms with Crippen LogP contribution in [0.2, 0.25) is 0 Å². The molecule has 81 heavy (non-hydrogen) atoms. The molecule has 4 saturated carbocycles. The summed E-state index contributed by atoms with van der Waals surface area (Å²) in [4.78, 5) is 11.8. The number of aromatic nitrogens is 3. The summed E-state index contributed by atoms with van der Waals surface area (Å²) < 4.78 is 2.71. The Morgan fingerprint density at radius 1 is 0.333 bits per heavy atom. The van der Waals surface area contributed by atoms with E-state index in [9.17, 15) is 0 Å². The molecule has 0 radical (unpaired) electrons. The van der Waals surface area contributed by atoms with E-state index in [1.807, 2.05) is 0 Å². The minimum atomic E-state index is -0.448. The number of fused-ring (bicyclic) bond motifs is 13. The van der Waals surface area contributed by atoms with Crippen LogP contribution in [-0.4, -0.2) is 14.4 Å². The van der Waals surface area contributed by atoms with Crippen molar-refractivity contribution < 1.29 is 0 Å². The normalized spacial score (nSPS) is 32.4. The molecule has 14 aliphatic carbocycles. The van der Waals surface area contributed by atoms with E-state index in [4.69, 9.17) is 9.97 Å². The van der Waals surface area contributed by atoms with Gasteiger partial charge in [-0.3, -0.25) is 9.97 Å². The molecular formula is C78H63N3. The van der Waals surface area contributed by atoms with Gasteiger partial charge in [0, 0.05) is 37.8 Å². The highest BCUT2D eigenvalue weighted by Gasteiger charge is 2.59. The third kappa shape index (κ3) is 4.54. The van der Waals surface area contributed by atoms with Crippen LogP contribution in [-0.2, 0) is 21.7 Å². The third-order valence-corrected chi connectivity index (χ3v) is 25.9. The Labute approximate surface area is 472 Å². The largest absolute Gasteiger partial charge is 0.305 e. The van der Waals surface area contributed by atoms with Gasteiger partial charge in [-0.2, -0.15) is 0 Å². The molecular weight excluding hydrogens is 979 g/mol.